The van der Waals surface area contributed by atoms with Gasteiger partial charge >= 0.3 is 5.69 Å². The molecule has 0 fully saturated rings. The van der Waals surface area contributed by atoms with Gasteiger partial charge in [0.1, 0.15) is 11.5 Å². The molecule has 10 heteroatoms. The zero-order valence-corrected chi connectivity index (χ0v) is 20.6. The first-order chi connectivity index (χ1) is 17.3. The number of methoxy groups -OCH3 is 2. The van der Waals surface area contributed by atoms with E-state index in [4.69, 9.17) is 14.5 Å². The highest BCUT2D eigenvalue weighted by atomic mass is 16.5. The Hall–Kier alpha value is -4.60. The van der Waals surface area contributed by atoms with E-state index < -0.39 is 17.3 Å². The first kappa shape index (κ1) is 23.2. The highest BCUT2D eigenvalue weighted by Crippen LogP contribution is 2.35. The van der Waals surface area contributed by atoms with E-state index in [9.17, 15) is 14.4 Å². The quantitative estimate of drug-likeness (QED) is 0.365. The molecule has 2 aromatic carbocycles. The molecule has 0 N–H and O–H groups in total. The molecule has 3 aromatic heterocycles. The van der Waals surface area contributed by atoms with Crippen LogP contribution in [0.3, 0.4) is 0 Å². The molecule has 3 heterocycles. The van der Waals surface area contributed by atoms with Crippen LogP contribution in [0.25, 0.3) is 33.9 Å². The molecule has 0 bridgehead atoms. The van der Waals surface area contributed by atoms with E-state index in [1.54, 1.807) is 30.9 Å². The molecule has 1 atom stereocenters. The maximum Gasteiger partial charge on any atom is 0.333 e. The molecule has 0 aliphatic heterocycles. The third-order valence-electron chi connectivity index (χ3n) is 6.47. The number of carbonyl (C=O) groups excluding carboxylic acids is 1. The van der Waals surface area contributed by atoms with E-state index in [0.29, 0.717) is 23.0 Å². The molecule has 0 saturated carbocycles. The van der Waals surface area contributed by atoms with Gasteiger partial charge in [0.25, 0.3) is 5.56 Å². The Morgan fingerprint density at radius 1 is 1.03 bits per heavy atom. The van der Waals surface area contributed by atoms with Crippen LogP contribution in [0, 0.1) is 0 Å². The second-order valence-corrected chi connectivity index (χ2v) is 8.51. The molecule has 0 radical (unpaired) electrons. The number of fused-ring (bicyclic) bond motifs is 3. The van der Waals surface area contributed by atoms with Crippen LogP contribution in [-0.2, 0) is 11.8 Å². The van der Waals surface area contributed by atoms with Crippen LogP contribution in [0.5, 0.6) is 11.5 Å². The van der Waals surface area contributed by atoms with Crippen LogP contribution in [0.4, 0.5) is 0 Å². The summed E-state index contributed by atoms with van der Waals surface area (Å²) in [6.45, 7) is 2.89. The third-order valence-corrected chi connectivity index (χ3v) is 6.47. The number of hydrogen-bond donors (Lipinski definition) is 0. The lowest BCUT2D eigenvalue weighted by Crippen LogP contribution is -2.42. The average molecular weight is 488 g/mol. The van der Waals surface area contributed by atoms with Gasteiger partial charge in [-0.3, -0.25) is 23.1 Å². The van der Waals surface area contributed by atoms with Crippen molar-refractivity contribution in [2.45, 2.75) is 19.9 Å². The van der Waals surface area contributed by atoms with Gasteiger partial charge in [0.15, 0.2) is 16.9 Å². The van der Waals surface area contributed by atoms with Gasteiger partial charge in [-0.2, -0.15) is 4.98 Å². The molecule has 5 rings (SSSR count). The van der Waals surface area contributed by atoms with Crippen molar-refractivity contribution >= 4 is 22.7 Å². The summed E-state index contributed by atoms with van der Waals surface area (Å²) >= 11 is 0. The number of ether oxygens (including phenoxy) is 2. The molecule has 0 saturated heterocycles. The number of Topliss-reactive ketones (excluding diaryl/α,β-unsaturated/α-hetero) is 1. The Morgan fingerprint density at radius 2 is 1.75 bits per heavy atom. The summed E-state index contributed by atoms with van der Waals surface area (Å²) in [4.78, 5) is 43.5. The zero-order chi connectivity index (χ0) is 25.7. The Labute approximate surface area is 205 Å². The highest BCUT2D eigenvalue weighted by Gasteiger charge is 2.26. The first-order valence-electron chi connectivity index (χ1n) is 11.3. The fraction of sp³-hybridized carbons (Fsp3) is 0.231. The van der Waals surface area contributed by atoms with Gasteiger partial charge < -0.3 is 9.47 Å². The van der Waals surface area contributed by atoms with Crippen LogP contribution >= 0.6 is 0 Å². The van der Waals surface area contributed by atoms with E-state index in [2.05, 4.69) is 0 Å². The molecular formula is C26H25N5O5. The summed E-state index contributed by atoms with van der Waals surface area (Å²) < 4.78 is 16.8. The van der Waals surface area contributed by atoms with Crippen molar-refractivity contribution in [3.63, 3.8) is 0 Å². The second-order valence-electron chi connectivity index (χ2n) is 8.51. The van der Waals surface area contributed by atoms with Gasteiger partial charge in [-0.15, -0.1) is 0 Å². The lowest BCUT2D eigenvalue weighted by Gasteiger charge is -2.14. The number of benzene rings is 2. The molecule has 184 valence electrons. The molecule has 0 amide bonds. The highest BCUT2D eigenvalue weighted by molar-refractivity contribution is 5.82. The minimum absolute atomic E-state index is 0.198. The van der Waals surface area contributed by atoms with Crippen molar-refractivity contribution in [1.29, 1.82) is 0 Å². The predicted octanol–water partition coefficient (Wildman–Crippen LogP) is 2.97. The number of aromatic nitrogens is 5. The van der Waals surface area contributed by atoms with E-state index in [-0.39, 0.29) is 16.9 Å². The van der Waals surface area contributed by atoms with Crippen molar-refractivity contribution in [3.05, 3.63) is 75.6 Å². The van der Waals surface area contributed by atoms with Crippen LogP contribution in [-0.4, -0.2) is 43.1 Å². The predicted molar refractivity (Wildman–Crippen MR) is 135 cm³/mol. The van der Waals surface area contributed by atoms with Crippen molar-refractivity contribution in [3.8, 4) is 28.4 Å². The van der Waals surface area contributed by atoms with Gasteiger partial charge in [0, 0.05) is 24.9 Å². The summed E-state index contributed by atoms with van der Waals surface area (Å²) in [6, 6.07) is 14.2. The average Bonchev–Trinajstić information content (AvgIpc) is 3.44. The SMILES string of the molecule is COc1ccc(-n2c(-c3ccccc3)cn3c4c(=O)n([C@H](C)C(C)=O)c(=O)n(C)c4nc23)c(OC)c1. The van der Waals surface area contributed by atoms with Gasteiger partial charge in [-0.1, -0.05) is 30.3 Å². The van der Waals surface area contributed by atoms with Crippen LogP contribution < -0.4 is 20.7 Å². The lowest BCUT2D eigenvalue weighted by molar-refractivity contribution is -0.119. The summed E-state index contributed by atoms with van der Waals surface area (Å²) in [5, 5.41) is 0. The number of nitrogens with zero attached hydrogens (tertiary/aromatic N) is 5. The fourth-order valence-electron chi connectivity index (χ4n) is 4.41. The van der Waals surface area contributed by atoms with Crippen molar-refractivity contribution in [1.82, 2.24) is 23.1 Å². The number of hydrogen-bond acceptors (Lipinski definition) is 6. The largest absolute Gasteiger partial charge is 0.497 e. The number of ketones is 1. The molecular weight excluding hydrogens is 462 g/mol. The summed E-state index contributed by atoms with van der Waals surface area (Å²) in [7, 11) is 4.68. The standard InChI is InChI=1S/C26H25N5O5/c1-15(16(2)32)30-24(33)22-23(28(3)26(30)34)27-25-29(22)14-20(17-9-7-6-8-10-17)31(25)19-12-11-18(35-4)13-21(19)36-5/h6-15H,1-5H3/t15-/m1/s1. The Bertz CT molecular complexity index is 1760. The van der Waals surface area contributed by atoms with Crippen molar-refractivity contribution in [2.75, 3.05) is 14.2 Å². The first-order valence-corrected chi connectivity index (χ1v) is 11.3. The number of rotatable bonds is 6. The number of imidazole rings is 2. The van der Waals surface area contributed by atoms with E-state index in [1.165, 1.54) is 25.5 Å². The third kappa shape index (κ3) is 3.33. The van der Waals surface area contributed by atoms with E-state index in [0.717, 1.165) is 15.8 Å². The lowest BCUT2D eigenvalue weighted by atomic mass is 10.1. The Kier molecular flexibility index (Phi) is 5.51. The fourth-order valence-corrected chi connectivity index (χ4v) is 4.41. The summed E-state index contributed by atoms with van der Waals surface area (Å²) in [5.74, 6) is 1.28. The van der Waals surface area contributed by atoms with Gasteiger partial charge in [0.05, 0.1) is 31.6 Å². The maximum absolute atomic E-state index is 13.6. The van der Waals surface area contributed by atoms with Crippen LogP contribution in [0.1, 0.15) is 19.9 Å². The molecule has 0 unspecified atom stereocenters. The van der Waals surface area contributed by atoms with Crippen molar-refractivity contribution < 1.29 is 14.3 Å². The topological polar surface area (TPSA) is 102 Å². The molecule has 10 nitrogen and oxygen atoms in total. The Balaban J connectivity index is 1.95. The van der Waals surface area contributed by atoms with Crippen LogP contribution in [0.2, 0.25) is 0 Å². The van der Waals surface area contributed by atoms with Gasteiger partial charge in [-0.05, 0) is 26.0 Å². The van der Waals surface area contributed by atoms with Crippen molar-refractivity contribution in [2.24, 2.45) is 7.05 Å². The minimum Gasteiger partial charge on any atom is -0.497 e. The monoisotopic (exact) mass is 487 g/mol. The summed E-state index contributed by atoms with van der Waals surface area (Å²) in [5.41, 5.74) is 1.54. The number of aryl methyl sites for hydroxylation is 1. The molecule has 5 aromatic rings. The molecule has 0 aliphatic carbocycles. The van der Waals surface area contributed by atoms with E-state index in [1.807, 2.05) is 47.0 Å². The van der Waals surface area contributed by atoms with Crippen LogP contribution in [0.15, 0.2) is 64.3 Å². The minimum atomic E-state index is -0.913. The number of carbonyl (C=O) groups is 1. The van der Waals surface area contributed by atoms with Gasteiger partial charge in [0.2, 0.25) is 5.78 Å². The molecule has 36 heavy (non-hydrogen) atoms. The van der Waals surface area contributed by atoms with E-state index >= 15 is 0 Å². The second kappa shape index (κ2) is 8.56. The normalized spacial score (nSPS) is 12.2. The Morgan fingerprint density at radius 3 is 2.39 bits per heavy atom. The molecule has 0 spiro atoms. The maximum atomic E-state index is 13.6. The van der Waals surface area contributed by atoms with Gasteiger partial charge in [-0.25, -0.2) is 9.36 Å². The smallest absolute Gasteiger partial charge is 0.333 e. The zero-order valence-electron chi connectivity index (χ0n) is 20.6. The molecule has 0 aliphatic rings. The summed E-state index contributed by atoms with van der Waals surface area (Å²) in [6.07, 6.45) is 1.80.